The number of halogens is 3. The minimum Gasteiger partial charge on any atom is -0.490 e. The molecule has 0 saturated heterocycles. The summed E-state index contributed by atoms with van der Waals surface area (Å²) in [4.78, 5) is 18.1. The van der Waals surface area contributed by atoms with Crippen molar-refractivity contribution in [3.63, 3.8) is 0 Å². The molecule has 0 saturated carbocycles. The van der Waals surface area contributed by atoms with E-state index in [1.807, 2.05) is 19.1 Å². The molecule has 0 amide bonds. The van der Waals surface area contributed by atoms with Crippen molar-refractivity contribution in [1.82, 2.24) is 9.66 Å². The second kappa shape index (κ2) is 13.3. The van der Waals surface area contributed by atoms with Gasteiger partial charge in [-0.25, -0.2) is 4.98 Å². The van der Waals surface area contributed by atoms with Crippen molar-refractivity contribution in [2.45, 2.75) is 26.1 Å². The van der Waals surface area contributed by atoms with Gasteiger partial charge in [0.15, 0.2) is 17.3 Å². The zero-order valence-corrected chi connectivity index (χ0v) is 24.2. The molecule has 10 heteroatoms. The molecule has 4 aromatic carbocycles. The summed E-state index contributed by atoms with van der Waals surface area (Å²) in [5, 5.41) is 14.1. The van der Waals surface area contributed by atoms with Gasteiger partial charge in [-0.15, -0.1) is 6.58 Å². The molecule has 0 bridgehead atoms. The molecule has 226 valence electrons. The van der Waals surface area contributed by atoms with Crippen LogP contribution in [0.2, 0.25) is 0 Å². The fraction of sp³-hybridized carbons (Fsp3) is 0.143. The van der Waals surface area contributed by atoms with Crippen LogP contribution in [0.15, 0.2) is 107 Å². The molecule has 1 aromatic heterocycles. The second-order valence-electron chi connectivity index (χ2n) is 9.88. The first-order valence-electron chi connectivity index (χ1n) is 14.0. The number of ether oxygens (including phenoxy) is 2. The first kappa shape index (κ1) is 30.8. The van der Waals surface area contributed by atoms with Crippen molar-refractivity contribution < 1.29 is 22.6 Å². The fourth-order valence-corrected chi connectivity index (χ4v) is 4.77. The van der Waals surface area contributed by atoms with Gasteiger partial charge in [0.1, 0.15) is 6.61 Å². The van der Waals surface area contributed by atoms with Gasteiger partial charge < -0.3 is 9.47 Å². The third-order valence-corrected chi connectivity index (χ3v) is 6.85. The molecule has 7 nitrogen and oxygen atoms in total. The van der Waals surface area contributed by atoms with Gasteiger partial charge in [0, 0.05) is 16.7 Å². The van der Waals surface area contributed by atoms with Crippen LogP contribution in [0.1, 0.15) is 34.7 Å². The highest BCUT2D eigenvalue weighted by molar-refractivity contribution is 5.83. The second-order valence-corrected chi connectivity index (χ2v) is 9.88. The van der Waals surface area contributed by atoms with Gasteiger partial charge in [-0.05, 0) is 61.4 Å². The van der Waals surface area contributed by atoms with Gasteiger partial charge in [0.25, 0.3) is 5.56 Å². The molecule has 0 aliphatic carbocycles. The lowest BCUT2D eigenvalue weighted by atomic mass is 10.1. The smallest absolute Gasteiger partial charge is 0.416 e. The van der Waals surface area contributed by atoms with Crippen LogP contribution in [-0.2, 0) is 19.2 Å². The van der Waals surface area contributed by atoms with Gasteiger partial charge in [-0.2, -0.15) is 28.2 Å². The van der Waals surface area contributed by atoms with Crippen LogP contribution in [0.25, 0.3) is 22.3 Å². The molecule has 45 heavy (non-hydrogen) atoms. The van der Waals surface area contributed by atoms with Crippen molar-refractivity contribution in [3.05, 3.63) is 136 Å². The summed E-state index contributed by atoms with van der Waals surface area (Å²) in [6.07, 6.45) is -1.06. The van der Waals surface area contributed by atoms with Crippen molar-refractivity contribution in [3.8, 4) is 29.0 Å². The lowest BCUT2D eigenvalue weighted by molar-refractivity contribution is -0.137. The summed E-state index contributed by atoms with van der Waals surface area (Å²) < 4.78 is 53.7. The maximum Gasteiger partial charge on any atom is 0.416 e. The predicted molar refractivity (Wildman–Crippen MR) is 166 cm³/mol. The monoisotopic (exact) mass is 608 g/mol. The van der Waals surface area contributed by atoms with E-state index in [0.29, 0.717) is 52.3 Å². The Hall–Kier alpha value is -5.69. The number of nitriles is 1. The highest BCUT2D eigenvalue weighted by atomic mass is 19.4. The molecule has 0 unspecified atom stereocenters. The Morgan fingerprint density at radius 3 is 2.53 bits per heavy atom. The molecule has 1 heterocycles. The highest BCUT2D eigenvalue weighted by Gasteiger charge is 2.31. The number of aromatic nitrogens is 2. The van der Waals surface area contributed by atoms with Crippen molar-refractivity contribution in [2.24, 2.45) is 5.10 Å². The van der Waals surface area contributed by atoms with E-state index < -0.39 is 17.3 Å². The average molecular weight is 609 g/mol. The van der Waals surface area contributed by atoms with E-state index in [9.17, 15) is 23.2 Å². The Morgan fingerprint density at radius 2 is 1.78 bits per heavy atom. The fourth-order valence-electron chi connectivity index (χ4n) is 4.77. The summed E-state index contributed by atoms with van der Waals surface area (Å²) in [7, 11) is 0. The van der Waals surface area contributed by atoms with E-state index in [4.69, 9.17) is 9.47 Å². The number of allylic oxidation sites excluding steroid dienone is 1. The third kappa shape index (κ3) is 6.78. The minimum atomic E-state index is -4.58. The van der Waals surface area contributed by atoms with Crippen LogP contribution in [0.4, 0.5) is 13.2 Å². The van der Waals surface area contributed by atoms with Gasteiger partial charge in [-0.1, -0.05) is 48.5 Å². The number of hydrogen-bond donors (Lipinski definition) is 0. The molecule has 0 spiro atoms. The van der Waals surface area contributed by atoms with E-state index in [1.54, 1.807) is 54.6 Å². The van der Waals surface area contributed by atoms with Crippen molar-refractivity contribution in [2.75, 3.05) is 6.61 Å². The van der Waals surface area contributed by atoms with Crippen LogP contribution in [0, 0.1) is 11.3 Å². The minimum absolute atomic E-state index is 0.0477. The Balaban J connectivity index is 1.60. The molecular formula is C35H27F3N4O3. The standard InChI is InChI=1S/C35H27F3N4O3/c1-3-10-24-17-23(18-31(44-4-2)32(24)45-22-27-12-6-5-11-26(27)20-39)21-40-42-33(25-13-9-14-28(19-25)35(36,37)38)41-30-16-8-7-15-29(30)34(42)43/h3,5-9,11-19,21H,1,4,10,22H2,2H3. The largest absolute Gasteiger partial charge is 0.490 e. The quantitative estimate of drug-likeness (QED) is 0.121. The van der Waals surface area contributed by atoms with E-state index in [1.165, 1.54) is 18.3 Å². The summed E-state index contributed by atoms with van der Waals surface area (Å²) in [5.74, 6) is 0.833. The topological polar surface area (TPSA) is 89.5 Å². The van der Waals surface area contributed by atoms with Gasteiger partial charge in [-0.3, -0.25) is 4.79 Å². The van der Waals surface area contributed by atoms with Crippen LogP contribution in [0.3, 0.4) is 0 Å². The van der Waals surface area contributed by atoms with E-state index in [-0.39, 0.29) is 23.4 Å². The first-order valence-corrected chi connectivity index (χ1v) is 14.0. The average Bonchev–Trinajstić information content (AvgIpc) is 3.04. The zero-order chi connectivity index (χ0) is 32.0. The summed E-state index contributed by atoms with van der Waals surface area (Å²) in [5.41, 5.74) is 1.45. The third-order valence-electron chi connectivity index (χ3n) is 6.85. The molecular weight excluding hydrogens is 581 g/mol. The summed E-state index contributed by atoms with van der Waals surface area (Å²) in [6.45, 7) is 6.12. The molecule has 0 aliphatic heterocycles. The van der Waals surface area contributed by atoms with Crippen LogP contribution in [0.5, 0.6) is 11.5 Å². The highest BCUT2D eigenvalue weighted by Crippen LogP contribution is 2.35. The van der Waals surface area contributed by atoms with Crippen molar-refractivity contribution in [1.29, 1.82) is 5.26 Å². The first-order chi connectivity index (χ1) is 21.7. The van der Waals surface area contributed by atoms with E-state index in [2.05, 4.69) is 22.7 Å². The Labute approximate surface area is 257 Å². The molecule has 0 N–H and O–H groups in total. The Bertz CT molecular complexity index is 2010. The van der Waals surface area contributed by atoms with Gasteiger partial charge in [0.2, 0.25) is 0 Å². The Kier molecular flexibility index (Phi) is 9.09. The number of fused-ring (bicyclic) bond motifs is 1. The molecule has 5 rings (SSSR count). The SMILES string of the molecule is C=CCc1cc(C=Nn2c(-c3cccc(C(F)(F)F)c3)nc3ccccc3c2=O)cc(OCC)c1OCc1ccccc1C#N. The Morgan fingerprint density at radius 1 is 1.00 bits per heavy atom. The van der Waals surface area contributed by atoms with Gasteiger partial charge >= 0.3 is 6.18 Å². The number of para-hydroxylation sites is 1. The van der Waals surface area contributed by atoms with Gasteiger partial charge in [0.05, 0.1) is 40.9 Å². The predicted octanol–water partition coefficient (Wildman–Crippen LogP) is 7.54. The maximum atomic E-state index is 13.6. The number of rotatable bonds is 10. The van der Waals surface area contributed by atoms with E-state index in [0.717, 1.165) is 16.8 Å². The lowest BCUT2D eigenvalue weighted by Gasteiger charge is -2.17. The van der Waals surface area contributed by atoms with Crippen LogP contribution in [-0.4, -0.2) is 22.5 Å². The number of benzene rings is 4. The normalized spacial score (nSPS) is 11.4. The maximum absolute atomic E-state index is 13.6. The van der Waals surface area contributed by atoms with Crippen molar-refractivity contribution >= 4 is 17.1 Å². The van der Waals surface area contributed by atoms with Crippen LogP contribution < -0.4 is 15.0 Å². The lowest BCUT2D eigenvalue weighted by Crippen LogP contribution is -2.20. The summed E-state index contributed by atoms with van der Waals surface area (Å²) >= 11 is 0. The molecule has 0 fully saturated rings. The number of alkyl halides is 3. The van der Waals surface area contributed by atoms with E-state index >= 15 is 0 Å². The molecule has 0 aliphatic rings. The molecule has 0 atom stereocenters. The molecule has 5 aromatic rings. The molecule has 0 radical (unpaired) electrons. The number of hydrogen-bond acceptors (Lipinski definition) is 6. The zero-order valence-electron chi connectivity index (χ0n) is 24.2. The summed E-state index contributed by atoms with van der Waals surface area (Å²) in [6, 6.07) is 23.9. The number of nitrogens with zero attached hydrogens (tertiary/aromatic N) is 4. The van der Waals surface area contributed by atoms with Crippen LogP contribution >= 0.6 is 0 Å².